The third-order valence-corrected chi connectivity index (χ3v) is 1.14. The molecule has 1 aromatic heterocycles. The molecule has 0 aliphatic heterocycles. The molecule has 0 aliphatic carbocycles. The smallest absolute Gasteiger partial charge is 0.181 e. The Morgan fingerprint density at radius 1 is 1.89 bits per heavy atom. The van der Waals surface area contributed by atoms with Crippen molar-refractivity contribution in [3.8, 4) is 0 Å². The molecular weight excluding hydrogens is 114 g/mol. The lowest BCUT2D eigenvalue weighted by Gasteiger charge is -1.87. The Morgan fingerprint density at radius 2 is 2.67 bits per heavy atom. The second-order valence-corrected chi connectivity index (χ2v) is 1.76. The second-order valence-electron chi connectivity index (χ2n) is 1.76. The molecule has 0 unspecified atom stereocenters. The molecule has 0 aliphatic rings. The second kappa shape index (κ2) is 2.49. The lowest BCUT2D eigenvalue weighted by Crippen LogP contribution is -1.74. The van der Waals surface area contributed by atoms with Crippen LogP contribution < -0.4 is 0 Å². The highest BCUT2D eigenvalue weighted by Crippen LogP contribution is 2.08. The monoisotopic (exact) mass is 122 g/mol. The molecule has 47 valence electrons. The van der Waals surface area contributed by atoms with Gasteiger partial charge in [-0.05, 0) is 19.4 Å². The fourth-order valence-electron chi connectivity index (χ4n) is 0.512. The minimum absolute atomic E-state index is 0.852. The van der Waals surface area contributed by atoms with E-state index in [-0.39, 0.29) is 0 Å². The van der Waals surface area contributed by atoms with E-state index in [4.69, 9.17) is 4.42 Å². The van der Waals surface area contributed by atoms with Crippen LogP contribution in [0.5, 0.6) is 0 Å². The van der Waals surface area contributed by atoms with Gasteiger partial charge in [-0.15, -0.1) is 0 Å². The molecule has 2 nitrogen and oxygen atoms in total. The van der Waals surface area contributed by atoms with E-state index in [0.717, 1.165) is 11.3 Å². The van der Waals surface area contributed by atoms with Gasteiger partial charge in [0, 0.05) is 0 Å². The molecule has 0 spiro atoms. The Labute approximate surface area is 54.2 Å². The predicted molar refractivity (Wildman–Crippen MR) is 35.5 cm³/mol. The Bertz CT molecular complexity index is 199. The molecule has 0 amide bonds. The average molecular weight is 122 g/mol. The Kier molecular flexibility index (Phi) is 1.68. The van der Waals surface area contributed by atoms with Crippen LogP contribution >= 0.6 is 0 Å². The molecule has 0 aromatic carbocycles. The molecule has 2 heteroatoms. The van der Waals surface area contributed by atoms with Crippen LogP contribution in [0.25, 0.3) is 5.57 Å². The van der Waals surface area contributed by atoms with Gasteiger partial charge in [-0.25, -0.2) is 4.98 Å². The summed E-state index contributed by atoms with van der Waals surface area (Å²) in [4.78, 5) is 3.91. The van der Waals surface area contributed by atoms with Crippen molar-refractivity contribution < 1.29 is 4.42 Å². The zero-order valence-corrected chi connectivity index (χ0v) is 5.29. The predicted octanol–water partition coefficient (Wildman–Crippen LogP) is 1.91. The maximum atomic E-state index is 4.76. The first kappa shape index (κ1) is 6.08. The van der Waals surface area contributed by atoms with Crippen LogP contribution in [0, 0.1) is 6.92 Å². The maximum Gasteiger partial charge on any atom is 0.181 e. The van der Waals surface area contributed by atoms with Crippen LogP contribution in [-0.2, 0) is 0 Å². The van der Waals surface area contributed by atoms with Crippen LogP contribution in [0.2, 0.25) is 0 Å². The van der Waals surface area contributed by atoms with Gasteiger partial charge in [-0.2, -0.15) is 0 Å². The molecule has 0 bridgehead atoms. The summed E-state index contributed by atoms with van der Waals surface area (Å²) in [7, 11) is 0. The molecule has 1 aromatic rings. The lowest BCUT2D eigenvalue weighted by atomic mass is 10.2. The van der Waals surface area contributed by atoms with E-state index < -0.39 is 0 Å². The molecule has 0 N–H and O–H groups in total. The molecule has 0 saturated carbocycles. The highest BCUT2D eigenvalue weighted by Gasteiger charge is 1.94. The number of nitrogens with zero attached hydrogens (tertiary/aromatic N) is 1. The molecule has 0 saturated heterocycles. The van der Waals surface area contributed by atoms with Gasteiger partial charge in [0.05, 0.1) is 0 Å². The minimum Gasteiger partial charge on any atom is -0.451 e. The summed E-state index contributed by atoms with van der Waals surface area (Å²) in [6, 6.07) is 0. The molecule has 1 heterocycles. The fourth-order valence-corrected chi connectivity index (χ4v) is 0.512. The average Bonchev–Trinajstić information content (AvgIpc) is 2.37. The van der Waals surface area contributed by atoms with Crippen LogP contribution in [0.4, 0.5) is 0 Å². The molecule has 1 rings (SSSR count). The lowest BCUT2D eigenvalue weighted by molar-refractivity contribution is 0.557. The minimum atomic E-state index is 0.852. The van der Waals surface area contributed by atoms with E-state index in [2.05, 4.69) is 11.9 Å². The summed E-state index contributed by atoms with van der Waals surface area (Å²) in [6.45, 7) is 5.53. The standard InChI is InChI=1S/C7H8NO/c1-3-6(2)7-4-9-5-8-7/h3-5H,1H2,2H3. The Balaban J connectivity index is 2.90. The SMILES string of the molecule is [CH2]C=C(C)c1cocn1. The third kappa shape index (κ3) is 1.19. The largest absolute Gasteiger partial charge is 0.451 e. The van der Waals surface area contributed by atoms with Crippen molar-refractivity contribution in [1.82, 2.24) is 4.98 Å². The number of rotatable bonds is 1. The van der Waals surface area contributed by atoms with E-state index in [1.54, 1.807) is 12.3 Å². The van der Waals surface area contributed by atoms with E-state index in [1.165, 1.54) is 6.39 Å². The first-order valence-electron chi connectivity index (χ1n) is 2.69. The summed E-state index contributed by atoms with van der Waals surface area (Å²) >= 11 is 0. The zero-order valence-electron chi connectivity index (χ0n) is 5.29. The van der Waals surface area contributed by atoms with Crippen molar-refractivity contribution in [2.75, 3.05) is 0 Å². The molecule has 9 heavy (non-hydrogen) atoms. The number of hydrogen-bond acceptors (Lipinski definition) is 2. The van der Waals surface area contributed by atoms with Crippen LogP contribution in [0.15, 0.2) is 23.1 Å². The topological polar surface area (TPSA) is 26.0 Å². The van der Waals surface area contributed by atoms with Gasteiger partial charge in [0.2, 0.25) is 0 Å². The fraction of sp³-hybridized carbons (Fsp3) is 0.143. The van der Waals surface area contributed by atoms with Crippen molar-refractivity contribution in [2.24, 2.45) is 0 Å². The van der Waals surface area contributed by atoms with Gasteiger partial charge in [-0.1, -0.05) is 6.08 Å². The zero-order chi connectivity index (χ0) is 6.69. The summed E-state index contributed by atoms with van der Waals surface area (Å²) in [5.74, 6) is 0. The number of oxazole rings is 1. The normalized spacial score (nSPS) is 12.0. The van der Waals surface area contributed by atoms with Crippen molar-refractivity contribution in [2.45, 2.75) is 6.92 Å². The third-order valence-electron chi connectivity index (χ3n) is 1.14. The number of allylic oxidation sites excluding steroid dienone is 2. The molecule has 0 atom stereocenters. The van der Waals surface area contributed by atoms with Gasteiger partial charge < -0.3 is 4.42 Å². The molecule has 0 fully saturated rings. The van der Waals surface area contributed by atoms with Crippen molar-refractivity contribution in [3.05, 3.63) is 31.4 Å². The molecule has 1 radical (unpaired) electrons. The summed E-state index contributed by atoms with van der Waals surface area (Å²) in [5.41, 5.74) is 1.88. The highest BCUT2D eigenvalue weighted by atomic mass is 16.3. The van der Waals surface area contributed by atoms with Gasteiger partial charge in [-0.3, -0.25) is 0 Å². The quantitative estimate of drug-likeness (QED) is 0.568. The van der Waals surface area contributed by atoms with Crippen LogP contribution in [0.1, 0.15) is 12.6 Å². The maximum absolute atomic E-state index is 4.76. The summed E-state index contributed by atoms with van der Waals surface area (Å²) < 4.78 is 4.76. The van der Waals surface area contributed by atoms with Crippen LogP contribution in [0.3, 0.4) is 0 Å². The van der Waals surface area contributed by atoms with Crippen LogP contribution in [-0.4, -0.2) is 4.98 Å². The van der Waals surface area contributed by atoms with E-state index in [1.807, 2.05) is 6.92 Å². The summed E-state index contributed by atoms with van der Waals surface area (Å²) in [6.07, 6.45) is 4.75. The Morgan fingerprint density at radius 3 is 3.11 bits per heavy atom. The van der Waals surface area contributed by atoms with Crippen molar-refractivity contribution in [1.29, 1.82) is 0 Å². The Hall–Kier alpha value is -1.05. The number of hydrogen-bond donors (Lipinski definition) is 0. The van der Waals surface area contributed by atoms with Gasteiger partial charge in [0.15, 0.2) is 6.39 Å². The molecular formula is C7H8NO. The van der Waals surface area contributed by atoms with Gasteiger partial charge in [0.1, 0.15) is 12.0 Å². The highest BCUT2D eigenvalue weighted by molar-refractivity contribution is 5.59. The summed E-state index contributed by atoms with van der Waals surface area (Å²) in [5, 5.41) is 0. The van der Waals surface area contributed by atoms with Crippen molar-refractivity contribution in [3.63, 3.8) is 0 Å². The number of aromatic nitrogens is 1. The van der Waals surface area contributed by atoms with E-state index in [9.17, 15) is 0 Å². The van der Waals surface area contributed by atoms with E-state index >= 15 is 0 Å². The first-order chi connectivity index (χ1) is 4.34. The van der Waals surface area contributed by atoms with Gasteiger partial charge >= 0.3 is 0 Å². The first-order valence-corrected chi connectivity index (χ1v) is 2.69. The van der Waals surface area contributed by atoms with Crippen molar-refractivity contribution >= 4 is 5.57 Å². The van der Waals surface area contributed by atoms with E-state index in [0.29, 0.717) is 0 Å². The van der Waals surface area contributed by atoms with Gasteiger partial charge in [0.25, 0.3) is 0 Å².